The normalized spacial score (nSPS) is 10.4. The Labute approximate surface area is 108 Å². The van der Waals surface area contributed by atoms with Crippen LogP contribution in [0.25, 0.3) is 11.3 Å². The number of aromatic carboxylic acids is 1. The van der Waals surface area contributed by atoms with Gasteiger partial charge in [0.25, 0.3) is 0 Å². The van der Waals surface area contributed by atoms with Crippen LogP contribution in [0.4, 0.5) is 0 Å². The fraction of sp³-hybridized carbons (Fsp3) is 0.167. The number of benzene rings is 1. The number of carboxylic acids is 1. The van der Waals surface area contributed by atoms with E-state index in [1.54, 1.807) is 12.1 Å². The maximum absolute atomic E-state index is 10.8. The summed E-state index contributed by atoms with van der Waals surface area (Å²) in [5.41, 5.74) is 2.11. The minimum absolute atomic E-state index is 0.0309. The van der Waals surface area contributed by atoms with Crippen molar-refractivity contribution in [1.82, 2.24) is 10.2 Å². The van der Waals surface area contributed by atoms with Gasteiger partial charge in [-0.1, -0.05) is 11.6 Å². The number of hydrogen-bond donors (Lipinski definition) is 2. The van der Waals surface area contributed by atoms with Gasteiger partial charge >= 0.3 is 5.97 Å². The van der Waals surface area contributed by atoms with Crippen LogP contribution in [0.1, 0.15) is 16.1 Å². The standard InChI is InChI=1S/C12H11ClN2O3/c1-6-8(3-7(18-2)4-9(6)13)10-5-11(12(16)17)15-14-10/h3-5H,1-2H3,(H,14,15)(H,16,17). The van der Waals surface area contributed by atoms with Crippen LogP contribution in [0.5, 0.6) is 5.75 Å². The molecule has 0 fully saturated rings. The monoisotopic (exact) mass is 266 g/mol. The third-order valence-corrected chi connectivity index (χ3v) is 3.03. The molecular formula is C12H11ClN2O3. The van der Waals surface area contributed by atoms with Crippen molar-refractivity contribution in [3.63, 3.8) is 0 Å². The van der Waals surface area contributed by atoms with Crippen LogP contribution in [-0.2, 0) is 0 Å². The number of H-pyrrole nitrogens is 1. The zero-order valence-corrected chi connectivity index (χ0v) is 10.6. The fourth-order valence-corrected chi connectivity index (χ4v) is 1.82. The van der Waals surface area contributed by atoms with Crippen LogP contribution >= 0.6 is 11.6 Å². The highest BCUT2D eigenvalue weighted by Crippen LogP contribution is 2.32. The number of hydrogen-bond acceptors (Lipinski definition) is 3. The van der Waals surface area contributed by atoms with Crippen LogP contribution in [0.2, 0.25) is 5.02 Å². The summed E-state index contributed by atoms with van der Waals surface area (Å²) < 4.78 is 5.13. The molecule has 0 spiro atoms. The molecule has 94 valence electrons. The highest BCUT2D eigenvalue weighted by molar-refractivity contribution is 6.31. The Balaban J connectivity index is 2.55. The smallest absolute Gasteiger partial charge is 0.353 e. The molecule has 0 atom stereocenters. The molecule has 2 aromatic rings. The number of carbonyl (C=O) groups is 1. The second kappa shape index (κ2) is 4.70. The number of carboxylic acid groups (broad SMARTS) is 1. The van der Waals surface area contributed by atoms with Gasteiger partial charge in [-0.15, -0.1) is 0 Å². The molecule has 0 unspecified atom stereocenters. The van der Waals surface area contributed by atoms with Crippen molar-refractivity contribution in [1.29, 1.82) is 0 Å². The number of aromatic amines is 1. The van der Waals surface area contributed by atoms with Crippen LogP contribution in [0.3, 0.4) is 0 Å². The van der Waals surface area contributed by atoms with Crippen molar-refractivity contribution in [3.05, 3.63) is 34.5 Å². The lowest BCUT2D eigenvalue weighted by Gasteiger charge is -2.08. The summed E-state index contributed by atoms with van der Waals surface area (Å²) in [5.74, 6) is -0.458. The molecule has 2 N–H and O–H groups in total. The maximum Gasteiger partial charge on any atom is 0.353 e. The first-order chi connectivity index (χ1) is 8.52. The molecule has 0 aliphatic heterocycles. The van der Waals surface area contributed by atoms with Gasteiger partial charge in [0, 0.05) is 10.6 Å². The molecule has 0 aliphatic rings. The quantitative estimate of drug-likeness (QED) is 0.896. The molecule has 0 bridgehead atoms. The van der Waals surface area contributed by atoms with E-state index in [1.165, 1.54) is 13.2 Å². The topological polar surface area (TPSA) is 75.2 Å². The Morgan fingerprint density at radius 2 is 2.17 bits per heavy atom. The summed E-state index contributed by atoms with van der Waals surface area (Å²) in [5, 5.41) is 15.8. The van der Waals surface area contributed by atoms with E-state index in [4.69, 9.17) is 21.4 Å². The van der Waals surface area contributed by atoms with Crippen molar-refractivity contribution in [2.75, 3.05) is 7.11 Å². The molecule has 1 heterocycles. The average Bonchev–Trinajstić information content (AvgIpc) is 2.82. The Bertz CT molecular complexity index is 607. The van der Waals surface area contributed by atoms with E-state index in [1.807, 2.05) is 6.92 Å². The predicted octanol–water partition coefficient (Wildman–Crippen LogP) is 2.75. The lowest BCUT2D eigenvalue weighted by molar-refractivity contribution is 0.0690. The summed E-state index contributed by atoms with van der Waals surface area (Å²) in [4.78, 5) is 10.8. The zero-order valence-electron chi connectivity index (χ0n) is 9.82. The Hall–Kier alpha value is -2.01. The van der Waals surface area contributed by atoms with Gasteiger partial charge in [0.2, 0.25) is 0 Å². The van der Waals surface area contributed by atoms with Gasteiger partial charge in [-0.05, 0) is 30.7 Å². The summed E-state index contributed by atoms with van der Waals surface area (Å²) in [7, 11) is 1.54. The first kappa shape index (κ1) is 12.4. The third-order valence-electron chi connectivity index (χ3n) is 2.64. The average molecular weight is 267 g/mol. The lowest BCUT2D eigenvalue weighted by atomic mass is 10.1. The molecule has 0 aliphatic carbocycles. The van der Waals surface area contributed by atoms with E-state index >= 15 is 0 Å². The highest BCUT2D eigenvalue weighted by Gasteiger charge is 2.13. The van der Waals surface area contributed by atoms with Crippen molar-refractivity contribution >= 4 is 17.6 Å². The van der Waals surface area contributed by atoms with Crippen molar-refractivity contribution in [3.8, 4) is 17.0 Å². The van der Waals surface area contributed by atoms with E-state index < -0.39 is 5.97 Å². The van der Waals surface area contributed by atoms with Gasteiger partial charge in [0.15, 0.2) is 0 Å². The minimum Gasteiger partial charge on any atom is -0.497 e. The first-order valence-electron chi connectivity index (χ1n) is 5.16. The van der Waals surface area contributed by atoms with Gasteiger partial charge in [-0.3, -0.25) is 5.10 Å². The molecular weight excluding hydrogens is 256 g/mol. The van der Waals surface area contributed by atoms with E-state index in [9.17, 15) is 4.79 Å². The fourth-order valence-electron chi connectivity index (χ4n) is 1.61. The van der Waals surface area contributed by atoms with Gasteiger partial charge in [-0.2, -0.15) is 5.10 Å². The van der Waals surface area contributed by atoms with Crippen LogP contribution in [0, 0.1) is 6.92 Å². The van der Waals surface area contributed by atoms with Crippen LogP contribution in [-0.4, -0.2) is 28.4 Å². The molecule has 2 rings (SSSR count). The van der Waals surface area contributed by atoms with E-state index in [2.05, 4.69) is 10.2 Å². The zero-order chi connectivity index (χ0) is 13.3. The van der Waals surface area contributed by atoms with Crippen molar-refractivity contribution < 1.29 is 14.6 Å². The predicted molar refractivity (Wildman–Crippen MR) is 67.3 cm³/mol. The summed E-state index contributed by atoms with van der Waals surface area (Å²) in [6.07, 6.45) is 0. The molecule has 1 aromatic carbocycles. The second-order valence-electron chi connectivity index (χ2n) is 3.75. The van der Waals surface area contributed by atoms with E-state index in [0.717, 1.165) is 11.1 Å². The number of ether oxygens (including phenoxy) is 1. The molecule has 6 heteroatoms. The number of halogens is 1. The summed E-state index contributed by atoms with van der Waals surface area (Å²) >= 11 is 6.08. The van der Waals surface area contributed by atoms with Gasteiger partial charge in [0.1, 0.15) is 11.4 Å². The van der Waals surface area contributed by atoms with Crippen molar-refractivity contribution in [2.24, 2.45) is 0 Å². The minimum atomic E-state index is -1.06. The highest BCUT2D eigenvalue weighted by atomic mass is 35.5. The summed E-state index contributed by atoms with van der Waals surface area (Å²) in [6, 6.07) is 4.93. The number of nitrogens with zero attached hydrogens (tertiary/aromatic N) is 1. The molecule has 0 amide bonds. The molecule has 0 saturated heterocycles. The second-order valence-corrected chi connectivity index (χ2v) is 4.16. The Kier molecular flexibility index (Phi) is 3.25. The molecule has 18 heavy (non-hydrogen) atoms. The number of aromatic nitrogens is 2. The van der Waals surface area contributed by atoms with Crippen LogP contribution in [0.15, 0.2) is 18.2 Å². The molecule has 1 aromatic heterocycles. The molecule has 0 radical (unpaired) electrons. The van der Waals surface area contributed by atoms with Gasteiger partial charge in [-0.25, -0.2) is 4.79 Å². The summed E-state index contributed by atoms with van der Waals surface area (Å²) in [6.45, 7) is 1.84. The Morgan fingerprint density at radius 1 is 1.44 bits per heavy atom. The SMILES string of the molecule is COc1cc(Cl)c(C)c(-c2cc(C(=O)O)[nH]n2)c1. The van der Waals surface area contributed by atoms with E-state index in [0.29, 0.717) is 16.5 Å². The van der Waals surface area contributed by atoms with E-state index in [-0.39, 0.29) is 5.69 Å². The lowest BCUT2D eigenvalue weighted by Crippen LogP contribution is -1.95. The number of methoxy groups -OCH3 is 1. The molecule has 5 nitrogen and oxygen atoms in total. The largest absolute Gasteiger partial charge is 0.497 e. The maximum atomic E-state index is 10.8. The first-order valence-corrected chi connectivity index (χ1v) is 5.54. The number of nitrogens with one attached hydrogen (secondary N) is 1. The van der Waals surface area contributed by atoms with Gasteiger partial charge < -0.3 is 9.84 Å². The van der Waals surface area contributed by atoms with Gasteiger partial charge in [0.05, 0.1) is 12.8 Å². The van der Waals surface area contributed by atoms with Crippen LogP contribution < -0.4 is 4.74 Å². The number of rotatable bonds is 3. The third kappa shape index (κ3) is 2.17. The molecule has 0 saturated carbocycles. The van der Waals surface area contributed by atoms with Crippen molar-refractivity contribution in [2.45, 2.75) is 6.92 Å². The Morgan fingerprint density at radius 3 is 2.72 bits per heavy atom.